The standard InChI is InChI=1S/C10H12FNO4/c11-9-3-6(14)1-2-8(9)10(16)12-4-7(15)5-13/h1-3,7,13-15H,4-5H2,(H,12,16). The Morgan fingerprint density at radius 2 is 2.19 bits per heavy atom. The molecule has 0 aliphatic heterocycles. The fraction of sp³-hybridized carbons (Fsp3) is 0.300. The summed E-state index contributed by atoms with van der Waals surface area (Å²) in [6.45, 7) is -0.659. The molecule has 0 saturated carbocycles. The maximum absolute atomic E-state index is 13.2. The number of carbonyl (C=O) groups excluding carboxylic acids is 1. The Morgan fingerprint density at radius 1 is 1.50 bits per heavy atom. The Labute approximate surface area is 91.2 Å². The summed E-state index contributed by atoms with van der Waals surface area (Å²) in [7, 11) is 0. The van der Waals surface area contributed by atoms with Gasteiger partial charge in [-0.05, 0) is 12.1 Å². The SMILES string of the molecule is O=C(NCC(O)CO)c1ccc(O)cc1F. The molecule has 0 spiro atoms. The van der Waals surface area contributed by atoms with E-state index >= 15 is 0 Å². The lowest BCUT2D eigenvalue weighted by molar-refractivity contribution is 0.0799. The van der Waals surface area contributed by atoms with E-state index in [1.807, 2.05) is 0 Å². The van der Waals surface area contributed by atoms with Gasteiger partial charge in [-0.15, -0.1) is 0 Å². The summed E-state index contributed by atoms with van der Waals surface area (Å²) in [6.07, 6.45) is -1.08. The van der Waals surface area contributed by atoms with Crippen molar-refractivity contribution in [1.82, 2.24) is 5.32 Å². The third-order valence-corrected chi connectivity index (χ3v) is 1.91. The normalized spacial score (nSPS) is 12.2. The number of carbonyl (C=O) groups is 1. The molecule has 1 unspecified atom stereocenters. The van der Waals surface area contributed by atoms with E-state index < -0.39 is 24.4 Å². The molecular weight excluding hydrogens is 217 g/mol. The van der Waals surface area contributed by atoms with Crippen molar-refractivity contribution in [2.45, 2.75) is 6.10 Å². The third-order valence-electron chi connectivity index (χ3n) is 1.91. The van der Waals surface area contributed by atoms with Gasteiger partial charge in [0.15, 0.2) is 0 Å². The van der Waals surface area contributed by atoms with Crippen LogP contribution in [0.25, 0.3) is 0 Å². The van der Waals surface area contributed by atoms with Crippen molar-refractivity contribution in [2.75, 3.05) is 13.2 Å². The molecule has 0 fully saturated rings. The van der Waals surface area contributed by atoms with Crippen molar-refractivity contribution >= 4 is 5.91 Å². The molecule has 0 radical (unpaired) electrons. The number of hydrogen-bond donors (Lipinski definition) is 4. The molecule has 5 nitrogen and oxygen atoms in total. The van der Waals surface area contributed by atoms with Crippen molar-refractivity contribution in [2.24, 2.45) is 0 Å². The lowest BCUT2D eigenvalue weighted by atomic mass is 10.2. The summed E-state index contributed by atoms with van der Waals surface area (Å²) in [5.41, 5.74) is -0.233. The minimum absolute atomic E-state index is 0.171. The van der Waals surface area contributed by atoms with Crippen molar-refractivity contribution in [3.8, 4) is 5.75 Å². The molecule has 16 heavy (non-hydrogen) atoms. The number of phenols is 1. The van der Waals surface area contributed by atoms with Crippen molar-refractivity contribution in [1.29, 1.82) is 0 Å². The highest BCUT2D eigenvalue weighted by Crippen LogP contribution is 2.14. The van der Waals surface area contributed by atoms with Crippen LogP contribution >= 0.6 is 0 Å². The first-order chi connectivity index (χ1) is 7.54. The second-order valence-electron chi connectivity index (χ2n) is 3.21. The molecule has 1 atom stereocenters. The van der Waals surface area contributed by atoms with Gasteiger partial charge in [0, 0.05) is 12.6 Å². The molecule has 0 bridgehead atoms. The lowest BCUT2D eigenvalue weighted by Crippen LogP contribution is -2.34. The molecule has 4 N–H and O–H groups in total. The molecule has 1 aromatic carbocycles. The van der Waals surface area contributed by atoms with Crippen LogP contribution in [-0.4, -0.2) is 40.5 Å². The van der Waals surface area contributed by atoms with Gasteiger partial charge in [-0.3, -0.25) is 4.79 Å². The van der Waals surface area contributed by atoms with Crippen LogP contribution in [0.4, 0.5) is 4.39 Å². The van der Waals surface area contributed by atoms with E-state index in [0.29, 0.717) is 0 Å². The molecule has 0 saturated heterocycles. The third kappa shape index (κ3) is 3.18. The topological polar surface area (TPSA) is 89.8 Å². The highest BCUT2D eigenvalue weighted by atomic mass is 19.1. The Hall–Kier alpha value is -1.66. The highest BCUT2D eigenvalue weighted by molar-refractivity contribution is 5.94. The lowest BCUT2D eigenvalue weighted by Gasteiger charge is -2.09. The van der Waals surface area contributed by atoms with Crippen LogP contribution in [0, 0.1) is 5.82 Å². The van der Waals surface area contributed by atoms with Gasteiger partial charge in [0.1, 0.15) is 11.6 Å². The average molecular weight is 229 g/mol. The monoisotopic (exact) mass is 229 g/mol. The van der Waals surface area contributed by atoms with E-state index in [4.69, 9.17) is 15.3 Å². The largest absolute Gasteiger partial charge is 0.508 e. The summed E-state index contributed by atoms with van der Waals surface area (Å²) < 4.78 is 13.2. The van der Waals surface area contributed by atoms with Crippen molar-refractivity contribution in [3.05, 3.63) is 29.6 Å². The number of aromatic hydroxyl groups is 1. The maximum Gasteiger partial charge on any atom is 0.254 e. The summed E-state index contributed by atoms with van der Waals surface area (Å²) in [5, 5.41) is 28.6. The maximum atomic E-state index is 13.2. The molecule has 6 heteroatoms. The first kappa shape index (κ1) is 12.4. The summed E-state index contributed by atoms with van der Waals surface area (Å²) in [5.74, 6) is -1.84. The number of halogens is 1. The van der Waals surface area contributed by atoms with Gasteiger partial charge in [0.2, 0.25) is 0 Å². The number of nitrogens with one attached hydrogen (secondary N) is 1. The summed E-state index contributed by atoms with van der Waals surface area (Å²) >= 11 is 0. The van der Waals surface area contributed by atoms with Crippen molar-refractivity contribution < 1.29 is 24.5 Å². The van der Waals surface area contributed by atoms with Gasteiger partial charge >= 0.3 is 0 Å². The number of hydrogen-bond acceptors (Lipinski definition) is 4. The summed E-state index contributed by atoms with van der Waals surface area (Å²) in [4.78, 5) is 11.4. The molecule has 0 aliphatic carbocycles. The van der Waals surface area contributed by atoms with Gasteiger partial charge in [0.05, 0.1) is 18.3 Å². The van der Waals surface area contributed by atoms with E-state index in [1.165, 1.54) is 6.07 Å². The predicted molar refractivity (Wildman–Crippen MR) is 53.5 cm³/mol. The van der Waals surface area contributed by atoms with Gasteiger partial charge in [0.25, 0.3) is 5.91 Å². The van der Waals surface area contributed by atoms with E-state index in [9.17, 15) is 9.18 Å². The Morgan fingerprint density at radius 3 is 2.75 bits per heavy atom. The molecular formula is C10H12FNO4. The van der Waals surface area contributed by atoms with Gasteiger partial charge in [-0.25, -0.2) is 4.39 Å². The molecule has 0 heterocycles. The number of amides is 1. The predicted octanol–water partition coefficient (Wildman–Crippen LogP) is -0.386. The molecule has 88 valence electrons. The number of benzene rings is 1. The fourth-order valence-electron chi connectivity index (χ4n) is 1.06. The molecule has 0 aliphatic rings. The van der Waals surface area contributed by atoms with E-state index in [0.717, 1.165) is 12.1 Å². The molecule has 1 amide bonds. The first-order valence-corrected chi connectivity index (χ1v) is 4.60. The molecule has 1 aromatic rings. The number of rotatable bonds is 4. The highest BCUT2D eigenvalue weighted by Gasteiger charge is 2.13. The Bertz CT molecular complexity index is 383. The Kier molecular flexibility index (Phi) is 4.21. The zero-order chi connectivity index (χ0) is 12.1. The quantitative estimate of drug-likeness (QED) is 0.566. The zero-order valence-corrected chi connectivity index (χ0v) is 8.35. The smallest absolute Gasteiger partial charge is 0.254 e. The minimum atomic E-state index is -1.08. The molecule has 1 rings (SSSR count). The van der Waals surface area contributed by atoms with E-state index in [-0.39, 0.29) is 17.9 Å². The number of phenolic OH excluding ortho intramolecular Hbond substituents is 1. The van der Waals surface area contributed by atoms with Gasteiger partial charge in [-0.1, -0.05) is 0 Å². The average Bonchev–Trinajstić information content (AvgIpc) is 2.25. The van der Waals surface area contributed by atoms with Gasteiger partial charge in [-0.2, -0.15) is 0 Å². The first-order valence-electron chi connectivity index (χ1n) is 4.60. The second kappa shape index (κ2) is 5.43. The van der Waals surface area contributed by atoms with Crippen LogP contribution in [0.3, 0.4) is 0 Å². The van der Waals surface area contributed by atoms with Crippen LogP contribution in [0.1, 0.15) is 10.4 Å². The second-order valence-corrected chi connectivity index (χ2v) is 3.21. The fourth-order valence-corrected chi connectivity index (χ4v) is 1.06. The van der Waals surface area contributed by atoms with Crippen molar-refractivity contribution in [3.63, 3.8) is 0 Å². The van der Waals surface area contributed by atoms with Crippen LogP contribution in [0.15, 0.2) is 18.2 Å². The Balaban J connectivity index is 2.66. The number of aliphatic hydroxyl groups excluding tert-OH is 2. The van der Waals surface area contributed by atoms with Gasteiger partial charge < -0.3 is 20.6 Å². The minimum Gasteiger partial charge on any atom is -0.508 e. The van der Waals surface area contributed by atoms with E-state index in [1.54, 1.807) is 0 Å². The van der Waals surface area contributed by atoms with Crippen LogP contribution in [0.2, 0.25) is 0 Å². The van der Waals surface area contributed by atoms with Crippen LogP contribution < -0.4 is 5.32 Å². The van der Waals surface area contributed by atoms with Crippen LogP contribution in [-0.2, 0) is 0 Å². The summed E-state index contributed by atoms with van der Waals surface area (Å²) in [6, 6.07) is 3.13. The number of aliphatic hydroxyl groups is 2. The van der Waals surface area contributed by atoms with E-state index in [2.05, 4.69) is 5.32 Å². The molecule has 0 aromatic heterocycles. The zero-order valence-electron chi connectivity index (χ0n) is 8.35. The van der Waals surface area contributed by atoms with Crippen LogP contribution in [0.5, 0.6) is 5.75 Å².